The molecule has 3 aliphatic rings. The minimum absolute atomic E-state index is 0.0243. The molecule has 15 nitrogen and oxygen atoms in total. The van der Waals surface area contributed by atoms with Crippen LogP contribution in [-0.2, 0) is 19.2 Å². The molecule has 2 saturated heterocycles. The van der Waals surface area contributed by atoms with E-state index in [4.69, 9.17) is 4.74 Å². The molecule has 2 atom stereocenters. The number of aryl methyl sites for hydroxylation is 1. The summed E-state index contributed by atoms with van der Waals surface area (Å²) in [5, 5.41) is 24.1. The number of aromatic nitrogens is 1. The lowest BCUT2D eigenvalue weighted by Crippen LogP contribution is -2.55. The number of carboxylic acid groups (broad SMARTS) is 2. The van der Waals surface area contributed by atoms with Crippen LogP contribution in [0.5, 0.6) is 5.75 Å². The average Bonchev–Trinajstić information content (AvgIpc) is 3.71. The standard InChI is InChI=1S/C31H37FN6O9/c1-17-13-22-19(14-20(17)32)25(47-16-26(39)38-8-2-3-24(38)29(43)33-18-4-5-18)15-23(34-22)28(42)35-21(6-7-27(40)41)30(44)36-9-11-37(12-10-36)31(45)46/h13-15,18,21,24H,2-12,16H2,1H3,(H,33,43)(H,35,42)(H,40,41)(H,45,46)/t21-,24-/m0/s1. The number of hydrogen-bond acceptors (Lipinski definition) is 8. The van der Waals surface area contributed by atoms with Crippen molar-refractivity contribution in [1.29, 1.82) is 0 Å². The van der Waals surface area contributed by atoms with Crippen molar-refractivity contribution >= 4 is 46.6 Å². The van der Waals surface area contributed by atoms with Gasteiger partial charge in [-0.15, -0.1) is 0 Å². The Morgan fingerprint density at radius 3 is 2.36 bits per heavy atom. The highest BCUT2D eigenvalue weighted by molar-refractivity contribution is 5.99. The molecule has 0 spiro atoms. The van der Waals surface area contributed by atoms with Crippen molar-refractivity contribution in [2.45, 2.75) is 63.6 Å². The van der Waals surface area contributed by atoms with Crippen molar-refractivity contribution in [1.82, 2.24) is 30.3 Å². The number of carbonyl (C=O) groups is 6. The van der Waals surface area contributed by atoms with Gasteiger partial charge in [-0.25, -0.2) is 14.2 Å². The van der Waals surface area contributed by atoms with Crippen molar-refractivity contribution in [3.05, 3.63) is 35.3 Å². The number of piperazine rings is 1. The van der Waals surface area contributed by atoms with E-state index in [2.05, 4.69) is 15.6 Å². The summed E-state index contributed by atoms with van der Waals surface area (Å²) in [5.41, 5.74) is 0.193. The van der Waals surface area contributed by atoms with Gasteiger partial charge in [-0.3, -0.25) is 24.0 Å². The van der Waals surface area contributed by atoms with Gasteiger partial charge in [0, 0.05) is 56.6 Å². The Hall–Kier alpha value is -5.02. The molecular formula is C31H37FN6O9. The second-order valence-electron chi connectivity index (χ2n) is 12.0. The Balaban J connectivity index is 1.34. The summed E-state index contributed by atoms with van der Waals surface area (Å²) in [7, 11) is 0. The molecule has 1 aromatic heterocycles. The molecule has 252 valence electrons. The van der Waals surface area contributed by atoms with Crippen LogP contribution in [0.3, 0.4) is 0 Å². The first kappa shape index (κ1) is 33.3. The fraction of sp³-hybridized carbons (Fsp3) is 0.516. The molecule has 0 bridgehead atoms. The molecule has 3 fully saturated rings. The molecule has 5 amide bonds. The molecule has 2 aliphatic heterocycles. The van der Waals surface area contributed by atoms with E-state index in [1.54, 1.807) is 0 Å². The quantitative estimate of drug-likeness (QED) is 0.272. The van der Waals surface area contributed by atoms with Crippen LogP contribution >= 0.6 is 0 Å². The van der Waals surface area contributed by atoms with E-state index in [-0.39, 0.29) is 72.5 Å². The third kappa shape index (κ3) is 8.04. The molecule has 0 unspecified atom stereocenters. The summed E-state index contributed by atoms with van der Waals surface area (Å²) < 4.78 is 20.5. The summed E-state index contributed by atoms with van der Waals surface area (Å²) in [5.74, 6) is -3.84. The maximum Gasteiger partial charge on any atom is 0.407 e. The van der Waals surface area contributed by atoms with Gasteiger partial charge in [0.05, 0.1) is 5.52 Å². The molecule has 5 rings (SSSR count). The van der Waals surface area contributed by atoms with Crippen LogP contribution in [0.25, 0.3) is 10.9 Å². The Kier molecular flexibility index (Phi) is 10.1. The van der Waals surface area contributed by atoms with E-state index in [0.717, 1.165) is 17.7 Å². The second kappa shape index (κ2) is 14.2. The van der Waals surface area contributed by atoms with E-state index in [1.165, 1.54) is 34.9 Å². The van der Waals surface area contributed by atoms with Crippen LogP contribution in [-0.4, -0.2) is 123 Å². The zero-order chi connectivity index (χ0) is 33.8. The van der Waals surface area contributed by atoms with E-state index >= 15 is 0 Å². The molecule has 0 radical (unpaired) electrons. The van der Waals surface area contributed by atoms with Gasteiger partial charge in [0.15, 0.2) is 6.61 Å². The number of nitrogens with zero attached hydrogens (tertiary/aromatic N) is 4. The summed E-state index contributed by atoms with van der Waals surface area (Å²) in [6.45, 7) is 1.65. The van der Waals surface area contributed by atoms with Crippen molar-refractivity contribution in [3.8, 4) is 5.75 Å². The molecule has 1 saturated carbocycles. The first-order valence-electron chi connectivity index (χ1n) is 15.5. The minimum atomic E-state index is -1.26. The number of carboxylic acids is 1. The van der Waals surface area contributed by atoms with Crippen LogP contribution < -0.4 is 15.4 Å². The van der Waals surface area contributed by atoms with E-state index in [1.807, 2.05) is 0 Å². The fourth-order valence-corrected chi connectivity index (χ4v) is 5.74. The van der Waals surface area contributed by atoms with E-state index in [9.17, 15) is 43.4 Å². The summed E-state index contributed by atoms with van der Waals surface area (Å²) >= 11 is 0. The number of amides is 5. The molecule has 1 aromatic carbocycles. The van der Waals surface area contributed by atoms with Gasteiger partial charge >= 0.3 is 12.1 Å². The number of likely N-dealkylation sites (tertiary alicyclic amines) is 1. The zero-order valence-corrected chi connectivity index (χ0v) is 25.9. The van der Waals surface area contributed by atoms with Gasteiger partial charge < -0.3 is 40.3 Å². The first-order valence-corrected chi connectivity index (χ1v) is 15.5. The van der Waals surface area contributed by atoms with Crippen LogP contribution in [0.2, 0.25) is 0 Å². The molecular weight excluding hydrogens is 619 g/mol. The topological polar surface area (TPSA) is 199 Å². The smallest absolute Gasteiger partial charge is 0.407 e. The van der Waals surface area contributed by atoms with Gasteiger partial charge in [0.25, 0.3) is 11.8 Å². The maximum atomic E-state index is 14.6. The summed E-state index contributed by atoms with van der Waals surface area (Å²) in [4.78, 5) is 83.6. The normalized spacial score (nSPS) is 18.5. The number of rotatable bonds is 11. The molecule has 16 heteroatoms. The Morgan fingerprint density at radius 1 is 1.00 bits per heavy atom. The van der Waals surface area contributed by atoms with Gasteiger partial charge in [-0.05, 0) is 56.7 Å². The Labute approximate surface area is 269 Å². The van der Waals surface area contributed by atoms with E-state index < -0.39 is 60.7 Å². The van der Waals surface area contributed by atoms with Gasteiger partial charge in [0.1, 0.15) is 29.3 Å². The molecule has 2 aromatic rings. The number of nitrogens with one attached hydrogen (secondary N) is 2. The minimum Gasteiger partial charge on any atom is -0.483 e. The fourth-order valence-electron chi connectivity index (χ4n) is 5.74. The largest absolute Gasteiger partial charge is 0.483 e. The number of halogens is 1. The summed E-state index contributed by atoms with van der Waals surface area (Å²) in [6.07, 6.45) is 1.21. The number of hydrogen-bond donors (Lipinski definition) is 4. The lowest BCUT2D eigenvalue weighted by Gasteiger charge is -2.35. The summed E-state index contributed by atoms with van der Waals surface area (Å²) in [6, 6.07) is 2.06. The highest BCUT2D eigenvalue weighted by Gasteiger charge is 2.37. The number of ether oxygens (including phenoxy) is 1. The van der Waals surface area contributed by atoms with Crippen molar-refractivity contribution in [2.75, 3.05) is 39.3 Å². The molecule has 4 N–H and O–H groups in total. The predicted octanol–water partition coefficient (Wildman–Crippen LogP) is 1.12. The van der Waals surface area contributed by atoms with Crippen molar-refractivity contribution in [2.24, 2.45) is 0 Å². The third-order valence-corrected chi connectivity index (χ3v) is 8.55. The highest BCUT2D eigenvalue weighted by atomic mass is 19.1. The number of fused-ring (bicyclic) bond motifs is 1. The number of aliphatic carboxylic acids is 1. The lowest BCUT2D eigenvalue weighted by molar-refractivity contribution is -0.140. The first-order chi connectivity index (χ1) is 22.4. The van der Waals surface area contributed by atoms with E-state index in [0.29, 0.717) is 19.4 Å². The van der Waals surface area contributed by atoms with Crippen LogP contribution in [0.1, 0.15) is 54.6 Å². The average molecular weight is 657 g/mol. The maximum absolute atomic E-state index is 14.6. The van der Waals surface area contributed by atoms with Crippen molar-refractivity contribution < 1.29 is 48.1 Å². The SMILES string of the molecule is Cc1cc2nc(C(=O)N[C@@H](CCC(=O)O)C(=O)N3CCN(C(=O)O)CC3)cc(OCC(=O)N3CCC[C@H]3C(=O)NC3CC3)c2cc1F. The monoisotopic (exact) mass is 656 g/mol. The third-order valence-electron chi connectivity index (χ3n) is 8.55. The van der Waals surface area contributed by atoms with Crippen LogP contribution in [0, 0.1) is 12.7 Å². The Bertz CT molecular complexity index is 1590. The molecule has 1 aliphatic carbocycles. The molecule has 3 heterocycles. The van der Waals surface area contributed by atoms with Gasteiger partial charge in [0.2, 0.25) is 11.8 Å². The highest BCUT2D eigenvalue weighted by Crippen LogP contribution is 2.29. The van der Waals surface area contributed by atoms with Gasteiger partial charge in [-0.1, -0.05) is 0 Å². The van der Waals surface area contributed by atoms with Gasteiger partial charge in [-0.2, -0.15) is 0 Å². The lowest BCUT2D eigenvalue weighted by atomic mass is 10.1. The predicted molar refractivity (Wildman–Crippen MR) is 162 cm³/mol. The number of pyridine rings is 1. The molecule has 47 heavy (non-hydrogen) atoms. The van der Waals surface area contributed by atoms with Crippen LogP contribution in [0.4, 0.5) is 9.18 Å². The second-order valence-corrected chi connectivity index (χ2v) is 12.0. The van der Waals surface area contributed by atoms with Crippen molar-refractivity contribution in [3.63, 3.8) is 0 Å². The Morgan fingerprint density at radius 2 is 1.70 bits per heavy atom. The zero-order valence-electron chi connectivity index (χ0n) is 25.9. The van der Waals surface area contributed by atoms with Crippen LogP contribution in [0.15, 0.2) is 18.2 Å². The number of carbonyl (C=O) groups excluding carboxylic acids is 4. The number of benzene rings is 1.